The van der Waals surface area contributed by atoms with E-state index in [2.05, 4.69) is 131 Å². The Morgan fingerprint density at radius 1 is 0.538 bits per heavy atom. The van der Waals surface area contributed by atoms with Crippen molar-refractivity contribution in [1.82, 2.24) is 0 Å². The van der Waals surface area contributed by atoms with Crippen molar-refractivity contribution in [2.24, 2.45) is 0 Å². The van der Waals surface area contributed by atoms with Gasteiger partial charge in [-0.15, -0.1) is 0 Å². The summed E-state index contributed by atoms with van der Waals surface area (Å²) in [7, 11) is 0. The molecule has 0 fully saturated rings. The van der Waals surface area contributed by atoms with E-state index in [0.717, 1.165) is 0 Å². The van der Waals surface area contributed by atoms with Crippen molar-refractivity contribution in [3.63, 3.8) is 0 Å². The Morgan fingerprint density at radius 3 is 1.08 bits per heavy atom. The molecule has 0 saturated heterocycles. The van der Waals surface area contributed by atoms with E-state index in [1.54, 1.807) is 0 Å². The lowest BCUT2D eigenvalue weighted by Crippen LogP contribution is -2.06. The van der Waals surface area contributed by atoms with Crippen LogP contribution < -0.4 is 0 Å². The van der Waals surface area contributed by atoms with Crippen molar-refractivity contribution in [2.45, 2.75) is 31.4 Å². The molecule has 8 heteroatoms. The average molecular weight is 888 g/mol. The van der Waals surface area contributed by atoms with Crippen LogP contribution in [0.2, 0.25) is 12.1 Å². The van der Waals surface area contributed by atoms with Crippen molar-refractivity contribution >= 4 is 132 Å². The average Bonchev–Trinajstić information content (AvgIpc) is 1.81. The summed E-state index contributed by atoms with van der Waals surface area (Å²) in [6, 6.07) is 2.96. The molecule has 0 aliphatic heterocycles. The molecule has 13 heavy (non-hydrogen) atoms. The van der Waals surface area contributed by atoms with E-state index in [9.17, 15) is 0 Å². The van der Waals surface area contributed by atoms with Gasteiger partial charge in [-0.25, -0.2) is 0 Å². The first kappa shape index (κ1) is 17.8. The predicted molar refractivity (Wildman–Crippen MR) is 119 cm³/mol. The predicted octanol–water partition coefficient (Wildman–Crippen LogP) is 6.64. The molecule has 0 radical (unpaired) electrons. The topological polar surface area (TPSA) is 0 Å². The van der Waals surface area contributed by atoms with Crippen LogP contribution in [0.4, 0.5) is 0 Å². The van der Waals surface area contributed by atoms with E-state index < -0.39 is 1.13 Å². The monoisotopic (exact) mass is 887 g/mol. The van der Waals surface area contributed by atoms with Gasteiger partial charge in [0.25, 0.3) is 1.13 Å². The Morgan fingerprint density at radius 2 is 0.846 bits per heavy atom. The summed E-state index contributed by atoms with van der Waals surface area (Å²) in [4.78, 5) is 0. The van der Waals surface area contributed by atoms with Gasteiger partial charge < -0.3 is 0 Å². The highest BCUT2D eigenvalue weighted by Crippen LogP contribution is 2.37. The van der Waals surface area contributed by atoms with Gasteiger partial charge in [-0.05, 0) is 12.1 Å². The van der Waals surface area contributed by atoms with Gasteiger partial charge in [0.05, 0.1) is 0 Å². The fraction of sp³-hybridized carbons (Fsp3) is 1.00. The molecule has 0 N–H and O–H groups in total. The van der Waals surface area contributed by atoms with Crippen LogP contribution in [0.5, 0.6) is 0 Å². The minimum atomic E-state index is -0.837. The summed E-state index contributed by atoms with van der Waals surface area (Å²) in [5.41, 5.74) is 0. The third-order valence-corrected chi connectivity index (χ3v) is 13.0. The molecule has 0 atom stereocenters. The maximum Gasteiger partial charge on any atom is 0.253 e. The molecule has 0 heterocycles. The van der Waals surface area contributed by atoms with Gasteiger partial charge in [0.1, 0.15) is 0 Å². The molecule has 0 saturated carbocycles. The smallest absolute Gasteiger partial charge is 0.0909 e. The van der Waals surface area contributed by atoms with Crippen LogP contribution in [0, 0.1) is 0 Å². The van der Waals surface area contributed by atoms with Crippen LogP contribution in [-0.2, 0) is 0 Å². The first-order chi connectivity index (χ1) is 5.71. The molecule has 0 amide bonds. The molecule has 0 nitrogen and oxygen atoms in total. The van der Waals surface area contributed by atoms with Crippen LogP contribution in [0.3, 0.4) is 0 Å². The van der Waals surface area contributed by atoms with Crippen molar-refractivity contribution in [1.29, 1.82) is 0 Å². The second kappa shape index (κ2) is 8.84. The Bertz CT molecular complexity index is 123. The number of hydrogen-bond acceptors (Lipinski definition) is 0. The second-order valence-electron chi connectivity index (χ2n) is 2.79. The van der Waals surface area contributed by atoms with Gasteiger partial charge in [-0.2, -0.15) is 0 Å². The second-order valence-corrected chi connectivity index (χ2v) is 76.6. The van der Waals surface area contributed by atoms with E-state index in [0.29, 0.717) is 0 Å². The third kappa shape index (κ3) is 16.8. The lowest BCUT2D eigenvalue weighted by Gasteiger charge is -2.10. The van der Waals surface area contributed by atoms with Crippen molar-refractivity contribution in [3.8, 4) is 0 Å². The van der Waals surface area contributed by atoms with Crippen LogP contribution in [-0.4, -0.2) is 1.13 Å². The number of rotatable bonds is 6. The lowest BCUT2D eigenvalue weighted by molar-refractivity contribution is 0.768. The molecule has 0 bridgehead atoms. The third-order valence-electron chi connectivity index (χ3n) is 1.42. The Hall–Kier alpha value is 4.81. The molecule has 0 aliphatic rings. The first-order valence-electron chi connectivity index (χ1n) is 3.84. The van der Waals surface area contributed by atoms with Gasteiger partial charge in [-0.1, -0.05) is 150 Å². The van der Waals surface area contributed by atoms with Crippen molar-refractivity contribution < 1.29 is 0 Å². The number of unbranched alkanes of at least 4 members (excludes halogenated alkanes) is 2. The fourth-order valence-electron chi connectivity index (χ4n) is 0.828. The molecule has 0 unspecified atom stereocenters. The summed E-state index contributed by atoms with van der Waals surface area (Å²) in [5.74, 6) is 0. The van der Waals surface area contributed by atoms with Gasteiger partial charge in [0.2, 0.25) is 0 Å². The standard InChI is InChI=1S/C5H10I6Si2/c6-12(7,8)4-2-1-3-5-13(9,10)11/h1-5H2. The van der Waals surface area contributed by atoms with E-state index in [1.807, 2.05) is 0 Å². The molecular weight excluding hydrogens is 878 g/mol. The van der Waals surface area contributed by atoms with Crippen molar-refractivity contribution in [3.05, 3.63) is 0 Å². The van der Waals surface area contributed by atoms with Crippen LogP contribution in [0.1, 0.15) is 19.3 Å². The zero-order valence-electron chi connectivity index (χ0n) is 6.80. The van der Waals surface area contributed by atoms with Gasteiger partial charge >= 0.3 is 0 Å². The van der Waals surface area contributed by atoms with Gasteiger partial charge in [-0.3, -0.25) is 0 Å². The lowest BCUT2D eigenvalue weighted by atomic mass is 10.3. The van der Waals surface area contributed by atoms with E-state index in [-0.39, 0.29) is 0 Å². The molecule has 0 spiro atoms. The van der Waals surface area contributed by atoms with E-state index in [1.165, 1.54) is 31.4 Å². The Kier molecular flexibility index (Phi) is 12.1. The molecule has 0 aromatic heterocycles. The highest BCUT2D eigenvalue weighted by Gasteiger charge is 2.22. The van der Waals surface area contributed by atoms with E-state index in [4.69, 9.17) is 0 Å². The summed E-state index contributed by atoms with van der Waals surface area (Å²) < 4.78 is -1.67. The van der Waals surface area contributed by atoms with Crippen molar-refractivity contribution in [2.75, 3.05) is 0 Å². The number of halogens is 6. The summed E-state index contributed by atoms with van der Waals surface area (Å²) >= 11 is 16.0. The minimum Gasteiger partial charge on any atom is -0.0909 e. The zero-order valence-corrected chi connectivity index (χ0v) is 21.7. The molecule has 0 aromatic rings. The van der Waals surface area contributed by atoms with Crippen LogP contribution in [0.15, 0.2) is 0 Å². The molecular formula is C5H10I6Si2. The number of hydrogen-bond donors (Lipinski definition) is 0. The quantitative estimate of drug-likeness (QED) is 0.122. The Balaban J connectivity index is 3.28. The largest absolute Gasteiger partial charge is 0.253 e. The summed E-state index contributed by atoms with van der Waals surface area (Å²) in [6.07, 6.45) is 4.36. The SMILES string of the molecule is I[Si](I)(I)CCCCC[Si](I)(I)I. The molecule has 80 valence electrons. The van der Waals surface area contributed by atoms with Gasteiger partial charge in [0, 0.05) is 0 Å². The first-order valence-corrected chi connectivity index (χ1v) is 26.9. The fourth-order valence-corrected chi connectivity index (χ4v) is 8.99. The van der Waals surface area contributed by atoms with Crippen LogP contribution in [0.25, 0.3) is 0 Å². The van der Waals surface area contributed by atoms with Crippen LogP contribution >= 0.6 is 131 Å². The Labute approximate surface area is 159 Å². The molecule has 0 aliphatic carbocycles. The maximum atomic E-state index is 2.66. The summed E-state index contributed by atoms with van der Waals surface area (Å²) in [6.45, 7) is 0. The van der Waals surface area contributed by atoms with E-state index >= 15 is 0 Å². The van der Waals surface area contributed by atoms with Gasteiger partial charge in [0.15, 0.2) is 0 Å². The molecule has 0 aromatic carbocycles. The normalized spacial score (nSPS) is 13.4. The zero-order chi connectivity index (χ0) is 10.5. The maximum absolute atomic E-state index is 2.66. The highest BCUT2D eigenvalue weighted by molar-refractivity contribution is 14.4. The highest BCUT2D eigenvalue weighted by atomic mass is 127. The minimum absolute atomic E-state index is 0.837. The molecule has 0 rings (SSSR count). The summed E-state index contributed by atoms with van der Waals surface area (Å²) in [5, 5.41) is 0.